The van der Waals surface area contributed by atoms with E-state index in [1.807, 2.05) is 0 Å². The number of fused-ring (bicyclic) bond motifs is 8. The Morgan fingerprint density at radius 1 is 0.581 bits per heavy atom. The average molecular weight is 807 g/mol. The normalized spacial score (nSPS) is 21.5. The van der Waals surface area contributed by atoms with Crippen molar-refractivity contribution in [2.75, 3.05) is 16.3 Å². The maximum Gasteiger partial charge on any atom is 0.0580 e. The molecule has 0 saturated heterocycles. The monoisotopic (exact) mass is 806 g/mol. The highest BCUT2D eigenvalue weighted by Crippen LogP contribution is 2.55. The van der Waals surface area contributed by atoms with Gasteiger partial charge in [-0.1, -0.05) is 175 Å². The zero-order valence-electron chi connectivity index (χ0n) is 37.6. The van der Waals surface area contributed by atoms with E-state index < -0.39 is 0 Å². The third-order valence-corrected chi connectivity index (χ3v) is 15.4. The van der Waals surface area contributed by atoms with Gasteiger partial charge in [-0.25, -0.2) is 0 Å². The molecule has 308 valence electrons. The summed E-state index contributed by atoms with van der Waals surface area (Å²) in [5, 5.41) is 0. The number of para-hydroxylation sites is 2. The van der Waals surface area contributed by atoms with Gasteiger partial charge in [-0.2, -0.15) is 0 Å². The van der Waals surface area contributed by atoms with Crippen molar-refractivity contribution in [2.24, 2.45) is 5.92 Å². The molecule has 6 aromatic rings. The van der Waals surface area contributed by atoms with Crippen LogP contribution in [0.2, 0.25) is 0 Å². The van der Waals surface area contributed by atoms with E-state index in [2.05, 4.69) is 235 Å². The molecule has 0 spiro atoms. The van der Waals surface area contributed by atoms with E-state index in [1.165, 1.54) is 89.5 Å². The minimum absolute atomic E-state index is 0.00805. The van der Waals surface area contributed by atoms with Crippen molar-refractivity contribution >= 4 is 46.6 Å². The summed E-state index contributed by atoms with van der Waals surface area (Å²) in [6.07, 6.45) is 17.8. The summed E-state index contributed by atoms with van der Waals surface area (Å²) in [6, 6.07) is 48.4. The Bertz CT molecular complexity index is 2930. The van der Waals surface area contributed by atoms with E-state index in [1.54, 1.807) is 0 Å². The third kappa shape index (κ3) is 5.97. The van der Waals surface area contributed by atoms with Crippen molar-refractivity contribution in [1.29, 1.82) is 0 Å². The van der Waals surface area contributed by atoms with Gasteiger partial charge < -0.3 is 9.80 Å². The fourth-order valence-electron chi connectivity index (χ4n) is 11.7. The fraction of sp³-hybridized carbons (Fsp3) is 0.267. The van der Waals surface area contributed by atoms with Crippen molar-refractivity contribution in [2.45, 2.75) is 89.5 Å². The molecule has 11 rings (SSSR count). The predicted molar refractivity (Wildman–Crippen MR) is 265 cm³/mol. The molecule has 0 saturated carbocycles. The van der Waals surface area contributed by atoms with Gasteiger partial charge in [0.15, 0.2) is 0 Å². The molecule has 0 amide bonds. The van der Waals surface area contributed by atoms with Gasteiger partial charge in [0.1, 0.15) is 0 Å². The standard InChI is InChI=1S/C60H58N2/c1-57(2)33-34-61(56-16-12-10-14-50(56)57)44-24-21-41(22-25-44)43-23-29-48-46-27-19-39(35-51(46)59(5,6)53(48)37-43)17-18-40-20-28-47-49-30-26-45(38-54(49)60(7,8)52(47)36-40)62-55-15-11-9-13-42(55)31-32-58(62,3)4/h9-32,35-38,48,53H,33-34H2,1-8H3. The molecule has 6 aromatic carbocycles. The van der Waals surface area contributed by atoms with Crippen molar-refractivity contribution in [1.82, 2.24) is 0 Å². The number of hydrogen-bond acceptors (Lipinski definition) is 2. The molecule has 2 heterocycles. The lowest BCUT2D eigenvalue weighted by molar-refractivity contribution is 0.395. The lowest BCUT2D eigenvalue weighted by atomic mass is 9.73. The van der Waals surface area contributed by atoms with Gasteiger partial charge in [0.25, 0.3) is 0 Å². The molecule has 2 heteroatoms. The van der Waals surface area contributed by atoms with Crippen LogP contribution in [0.3, 0.4) is 0 Å². The van der Waals surface area contributed by atoms with Gasteiger partial charge in [-0.15, -0.1) is 0 Å². The number of anilines is 4. The van der Waals surface area contributed by atoms with Gasteiger partial charge in [0.05, 0.1) is 5.54 Å². The van der Waals surface area contributed by atoms with Crippen molar-refractivity contribution in [3.63, 3.8) is 0 Å². The Morgan fingerprint density at radius 2 is 1.23 bits per heavy atom. The van der Waals surface area contributed by atoms with Gasteiger partial charge in [-0.05, 0) is 140 Å². The molecule has 62 heavy (non-hydrogen) atoms. The minimum atomic E-state index is -0.135. The van der Waals surface area contributed by atoms with E-state index in [0.717, 1.165) is 13.0 Å². The first-order valence-electron chi connectivity index (χ1n) is 22.8. The van der Waals surface area contributed by atoms with Crippen LogP contribution in [0.25, 0.3) is 34.9 Å². The second-order valence-corrected chi connectivity index (χ2v) is 20.8. The van der Waals surface area contributed by atoms with Crippen molar-refractivity contribution < 1.29 is 0 Å². The van der Waals surface area contributed by atoms with Gasteiger partial charge in [0.2, 0.25) is 0 Å². The van der Waals surface area contributed by atoms with Crippen LogP contribution in [0, 0.1) is 5.92 Å². The molecule has 2 unspecified atom stereocenters. The molecule has 0 aromatic heterocycles. The summed E-state index contributed by atoms with van der Waals surface area (Å²) in [4.78, 5) is 5.00. The topological polar surface area (TPSA) is 6.48 Å². The minimum Gasteiger partial charge on any atom is -0.341 e. The van der Waals surface area contributed by atoms with Crippen LogP contribution in [0.15, 0.2) is 152 Å². The van der Waals surface area contributed by atoms with Crippen LogP contribution in [0.5, 0.6) is 0 Å². The summed E-state index contributed by atoms with van der Waals surface area (Å²) < 4.78 is 0. The first-order valence-corrected chi connectivity index (χ1v) is 22.8. The Hall–Kier alpha value is -6.12. The van der Waals surface area contributed by atoms with E-state index in [-0.39, 0.29) is 21.8 Å². The van der Waals surface area contributed by atoms with Crippen LogP contribution in [0.4, 0.5) is 22.7 Å². The summed E-state index contributed by atoms with van der Waals surface area (Å²) in [6.45, 7) is 20.1. The molecule has 0 N–H and O–H groups in total. The first kappa shape index (κ1) is 38.8. The number of nitrogens with zero attached hydrogens (tertiary/aromatic N) is 2. The zero-order chi connectivity index (χ0) is 42.8. The molecule has 0 fully saturated rings. The smallest absolute Gasteiger partial charge is 0.0580 e. The largest absolute Gasteiger partial charge is 0.341 e. The number of hydrogen-bond donors (Lipinski definition) is 0. The van der Waals surface area contributed by atoms with Crippen LogP contribution in [-0.4, -0.2) is 12.1 Å². The number of benzene rings is 6. The van der Waals surface area contributed by atoms with Crippen molar-refractivity contribution in [3.8, 4) is 11.1 Å². The van der Waals surface area contributed by atoms with Gasteiger partial charge in [-0.3, -0.25) is 0 Å². The molecule has 0 bridgehead atoms. The highest BCUT2D eigenvalue weighted by Gasteiger charge is 2.45. The summed E-state index contributed by atoms with van der Waals surface area (Å²) in [5.41, 5.74) is 21.3. The molecule has 2 aliphatic heterocycles. The predicted octanol–water partition coefficient (Wildman–Crippen LogP) is 15.6. The van der Waals surface area contributed by atoms with Crippen LogP contribution < -0.4 is 9.80 Å². The zero-order valence-corrected chi connectivity index (χ0v) is 37.6. The average Bonchev–Trinajstić information content (AvgIpc) is 3.63. The van der Waals surface area contributed by atoms with Gasteiger partial charge in [0, 0.05) is 40.6 Å². The van der Waals surface area contributed by atoms with Crippen molar-refractivity contribution in [3.05, 3.63) is 202 Å². The Labute approximate surface area is 369 Å². The van der Waals surface area contributed by atoms with E-state index in [4.69, 9.17) is 0 Å². The SMILES string of the molecule is CC1(C)CCN(c2ccc(C3=CC4C(C=C3)c3ccc(C=Cc5ccc6c(c5)C(C)(C)c5cc(N7c8ccccc8C=CC7(C)C)ccc5-6)cc3C4(C)C)cc2)c2ccccc21. The molecule has 0 radical (unpaired) electrons. The Kier molecular flexibility index (Phi) is 8.56. The van der Waals surface area contributed by atoms with Crippen LogP contribution in [0.1, 0.15) is 118 Å². The quantitative estimate of drug-likeness (QED) is 0.160. The lowest BCUT2D eigenvalue weighted by Gasteiger charge is -2.42. The maximum absolute atomic E-state index is 2.56. The molecule has 2 nitrogen and oxygen atoms in total. The Morgan fingerprint density at radius 3 is 2.00 bits per heavy atom. The van der Waals surface area contributed by atoms with Crippen LogP contribution >= 0.6 is 0 Å². The highest BCUT2D eigenvalue weighted by molar-refractivity contribution is 5.87. The summed E-state index contributed by atoms with van der Waals surface area (Å²) in [5.74, 6) is 0.795. The second kappa shape index (κ2) is 13.7. The van der Waals surface area contributed by atoms with E-state index >= 15 is 0 Å². The lowest BCUT2D eigenvalue weighted by Crippen LogP contribution is -2.40. The Balaban J connectivity index is 0.829. The molecule has 5 aliphatic rings. The fourth-order valence-corrected chi connectivity index (χ4v) is 11.7. The molecular formula is C60H58N2. The van der Waals surface area contributed by atoms with Crippen LogP contribution in [-0.2, 0) is 16.2 Å². The third-order valence-electron chi connectivity index (χ3n) is 15.4. The first-order chi connectivity index (χ1) is 29.7. The maximum atomic E-state index is 2.56. The summed E-state index contributed by atoms with van der Waals surface area (Å²) in [7, 11) is 0. The molecule has 3 aliphatic carbocycles. The van der Waals surface area contributed by atoms with Gasteiger partial charge >= 0.3 is 0 Å². The molecule has 2 atom stereocenters. The van der Waals surface area contributed by atoms with E-state index in [9.17, 15) is 0 Å². The number of allylic oxidation sites excluding steroid dienone is 4. The van der Waals surface area contributed by atoms with E-state index in [0.29, 0.717) is 11.8 Å². The molecular weight excluding hydrogens is 749 g/mol. The highest BCUT2D eigenvalue weighted by atomic mass is 15.2. The summed E-state index contributed by atoms with van der Waals surface area (Å²) >= 11 is 0. The number of rotatable bonds is 5. The second-order valence-electron chi connectivity index (χ2n) is 20.8.